The topological polar surface area (TPSA) is 37.8 Å². The zero-order valence-electron chi connectivity index (χ0n) is 13.0. The quantitative estimate of drug-likeness (QED) is 0.805. The van der Waals surface area contributed by atoms with Crippen LogP contribution in [-0.2, 0) is 6.42 Å². The molecule has 4 heteroatoms. The standard InChI is InChI=1S/C16H26ClN3/c1-5-7-14-19-15(17)11(4)16(20-14)18-13-9-8-12(6-2)10(13)3/h10,12-13H,5-9H2,1-4H3,(H,18,19,20). The van der Waals surface area contributed by atoms with Crippen molar-refractivity contribution in [2.24, 2.45) is 11.8 Å². The highest BCUT2D eigenvalue weighted by atomic mass is 35.5. The van der Waals surface area contributed by atoms with Crippen molar-refractivity contribution in [3.05, 3.63) is 16.5 Å². The number of nitrogens with zero attached hydrogens (tertiary/aromatic N) is 2. The molecule has 1 fully saturated rings. The van der Waals surface area contributed by atoms with Gasteiger partial charge in [0, 0.05) is 18.0 Å². The summed E-state index contributed by atoms with van der Waals surface area (Å²) < 4.78 is 0. The summed E-state index contributed by atoms with van der Waals surface area (Å²) in [5, 5.41) is 4.21. The molecule has 20 heavy (non-hydrogen) atoms. The number of aromatic nitrogens is 2. The van der Waals surface area contributed by atoms with Crippen LogP contribution >= 0.6 is 11.6 Å². The lowest BCUT2D eigenvalue weighted by atomic mass is 9.93. The number of nitrogens with one attached hydrogen (secondary N) is 1. The molecule has 1 aromatic heterocycles. The molecule has 3 atom stereocenters. The molecule has 1 N–H and O–H groups in total. The van der Waals surface area contributed by atoms with Crippen molar-refractivity contribution in [3.63, 3.8) is 0 Å². The first-order chi connectivity index (χ1) is 9.56. The van der Waals surface area contributed by atoms with Crippen LogP contribution in [0.15, 0.2) is 0 Å². The predicted molar refractivity (Wildman–Crippen MR) is 85.4 cm³/mol. The van der Waals surface area contributed by atoms with E-state index in [0.717, 1.165) is 36.0 Å². The largest absolute Gasteiger partial charge is 0.367 e. The van der Waals surface area contributed by atoms with Gasteiger partial charge in [0.25, 0.3) is 0 Å². The third-order valence-electron chi connectivity index (χ3n) is 4.68. The fourth-order valence-electron chi connectivity index (χ4n) is 3.21. The van der Waals surface area contributed by atoms with E-state index in [-0.39, 0.29) is 0 Å². The molecule has 3 unspecified atom stereocenters. The highest BCUT2D eigenvalue weighted by molar-refractivity contribution is 6.30. The lowest BCUT2D eigenvalue weighted by Gasteiger charge is -2.22. The summed E-state index contributed by atoms with van der Waals surface area (Å²) in [6.07, 6.45) is 5.73. The van der Waals surface area contributed by atoms with Crippen molar-refractivity contribution in [1.82, 2.24) is 9.97 Å². The van der Waals surface area contributed by atoms with Gasteiger partial charge < -0.3 is 5.32 Å². The molecule has 2 rings (SSSR count). The second kappa shape index (κ2) is 6.75. The normalized spacial score (nSPS) is 25.9. The Labute approximate surface area is 127 Å². The van der Waals surface area contributed by atoms with Crippen LogP contribution in [-0.4, -0.2) is 16.0 Å². The molecule has 0 bridgehead atoms. The third-order valence-corrected chi connectivity index (χ3v) is 5.05. The van der Waals surface area contributed by atoms with E-state index in [1.54, 1.807) is 0 Å². The molecule has 0 radical (unpaired) electrons. The van der Waals surface area contributed by atoms with Gasteiger partial charge in [0.2, 0.25) is 0 Å². The zero-order chi connectivity index (χ0) is 14.7. The SMILES string of the molecule is CCCc1nc(Cl)c(C)c(NC2CCC(CC)C2C)n1. The lowest BCUT2D eigenvalue weighted by molar-refractivity contribution is 0.391. The van der Waals surface area contributed by atoms with E-state index in [1.165, 1.54) is 19.3 Å². The average molecular weight is 296 g/mol. The first kappa shape index (κ1) is 15.6. The van der Waals surface area contributed by atoms with E-state index >= 15 is 0 Å². The van der Waals surface area contributed by atoms with E-state index in [9.17, 15) is 0 Å². The molecule has 1 aromatic rings. The summed E-state index contributed by atoms with van der Waals surface area (Å²) in [4.78, 5) is 9.03. The van der Waals surface area contributed by atoms with E-state index in [4.69, 9.17) is 11.6 Å². The van der Waals surface area contributed by atoms with Gasteiger partial charge in [-0.25, -0.2) is 9.97 Å². The zero-order valence-corrected chi connectivity index (χ0v) is 13.8. The summed E-state index contributed by atoms with van der Waals surface area (Å²) in [5.74, 6) is 3.31. The third kappa shape index (κ3) is 3.25. The highest BCUT2D eigenvalue weighted by Gasteiger charge is 2.32. The first-order valence-corrected chi connectivity index (χ1v) is 8.24. The molecule has 0 saturated heterocycles. The van der Waals surface area contributed by atoms with Crippen molar-refractivity contribution in [2.75, 3.05) is 5.32 Å². The molecule has 1 aliphatic carbocycles. The van der Waals surface area contributed by atoms with Crippen LogP contribution in [0.1, 0.15) is 57.8 Å². The molecule has 3 nitrogen and oxygen atoms in total. The summed E-state index contributed by atoms with van der Waals surface area (Å²) in [6.45, 7) is 8.77. The Morgan fingerprint density at radius 3 is 2.60 bits per heavy atom. The van der Waals surface area contributed by atoms with Gasteiger partial charge in [0.15, 0.2) is 0 Å². The molecular formula is C16H26ClN3. The minimum absolute atomic E-state index is 0.513. The van der Waals surface area contributed by atoms with Crippen LogP contribution in [0.4, 0.5) is 5.82 Å². The number of anilines is 1. The molecule has 1 aliphatic rings. The maximum atomic E-state index is 6.24. The van der Waals surface area contributed by atoms with E-state index < -0.39 is 0 Å². The molecule has 1 heterocycles. The monoisotopic (exact) mass is 295 g/mol. The minimum atomic E-state index is 0.513. The van der Waals surface area contributed by atoms with Crippen molar-refractivity contribution in [1.29, 1.82) is 0 Å². The van der Waals surface area contributed by atoms with Crippen LogP contribution < -0.4 is 5.32 Å². The second-order valence-corrected chi connectivity index (χ2v) is 6.37. The summed E-state index contributed by atoms with van der Waals surface area (Å²) in [7, 11) is 0. The molecule has 1 saturated carbocycles. The summed E-state index contributed by atoms with van der Waals surface area (Å²) >= 11 is 6.24. The molecule has 0 amide bonds. The van der Waals surface area contributed by atoms with Crippen LogP contribution in [0.2, 0.25) is 5.15 Å². The molecular weight excluding hydrogens is 270 g/mol. The minimum Gasteiger partial charge on any atom is -0.367 e. The van der Waals surface area contributed by atoms with Gasteiger partial charge >= 0.3 is 0 Å². The number of hydrogen-bond acceptors (Lipinski definition) is 3. The van der Waals surface area contributed by atoms with Crippen LogP contribution in [0.25, 0.3) is 0 Å². The van der Waals surface area contributed by atoms with Crippen molar-refractivity contribution in [2.45, 2.75) is 65.8 Å². The van der Waals surface area contributed by atoms with Crippen LogP contribution in [0, 0.1) is 18.8 Å². The predicted octanol–water partition coefficient (Wildman–Crippen LogP) is 4.63. The maximum absolute atomic E-state index is 6.24. The number of rotatable bonds is 5. The Morgan fingerprint density at radius 1 is 1.25 bits per heavy atom. The Kier molecular flexibility index (Phi) is 5.25. The van der Waals surface area contributed by atoms with Crippen molar-refractivity contribution in [3.8, 4) is 0 Å². The summed E-state index contributed by atoms with van der Waals surface area (Å²) in [6, 6.07) is 0.513. The van der Waals surface area contributed by atoms with Gasteiger partial charge in [0.05, 0.1) is 0 Å². The second-order valence-electron chi connectivity index (χ2n) is 6.01. The van der Waals surface area contributed by atoms with E-state index in [1.807, 2.05) is 6.92 Å². The first-order valence-electron chi connectivity index (χ1n) is 7.86. The van der Waals surface area contributed by atoms with Gasteiger partial charge in [-0.1, -0.05) is 38.8 Å². The fraction of sp³-hybridized carbons (Fsp3) is 0.750. The number of aryl methyl sites for hydroxylation is 1. The average Bonchev–Trinajstić information content (AvgIpc) is 2.76. The molecule has 112 valence electrons. The fourth-order valence-corrected chi connectivity index (χ4v) is 3.40. The number of halogens is 1. The Bertz CT molecular complexity index is 461. The molecule has 0 spiro atoms. The van der Waals surface area contributed by atoms with Crippen LogP contribution in [0.5, 0.6) is 0 Å². The molecule has 0 aromatic carbocycles. The van der Waals surface area contributed by atoms with Gasteiger partial charge in [-0.2, -0.15) is 0 Å². The Morgan fingerprint density at radius 2 is 2.00 bits per heavy atom. The van der Waals surface area contributed by atoms with Gasteiger partial charge in [-0.3, -0.25) is 0 Å². The Hall–Kier alpha value is -0.830. The van der Waals surface area contributed by atoms with Crippen LogP contribution in [0.3, 0.4) is 0 Å². The van der Waals surface area contributed by atoms with Gasteiger partial charge in [-0.15, -0.1) is 0 Å². The lowest BCUT2D eigenvalue weighted by Crippen LogP contribution is -2.26. The van der Waals surface area contributed by atoms with Crippen molar-refractivity contribution < 1.29 is 0 Å². The molecule has 0 aliphatic heterocycles. The Balaban J connectivity index is 2.16. The van der Waals surface area contributed by atoms with E-state index in [2.05, 4.69) is 36.1 Å². The smallest absolute Gasteiger partial charge is 0.137 e. The summed E-state index contributed by atoms with van der Waals surface area (Å²) in [5.41, 5.74) is 0.971. The van der Waals surface area contributed by atoms with Gasteiger partial charge in [-0.05, 0) is 38.0 Å². The van der Waals surface area contributed by atoms with Gasteiger partial charge in [0.1, 0.15) is 16.8 Å². The maximum Gasteiger partial charge on any atom is 0.137 e. The van der Waals surface area contributed by atoms with E-state index in [0.29, 0.717) is 17.1 Å². The number of hydrogen-bond donors (Lipinski definition) is 1. The highest BCUT2D eigenvalue weighted by Crippen LogP contribution is 2.36. The van der Waals surface area contributed by atoms with Crippen molar-refractivity contribution >= 4 is 17.4 Å².